The first-order chi connectivity index (χ1) is 12.7. The third-order valence-electron chi connectivity index (χ3n) is 4.63. The first kappa shape index (κ1) is 19.2. The van der Waals surface area contributed by atoms with Gasteiger partial charge in [0.25, 0.3) is 0 Å². The van der Waals surface area contributed by atoms with E-state index in [0.717, 1.165) is 22.3 Å². The number of hydrogen-bond acceptors (Lipinski definition) is 3. The zero-order chi connectivity index (χ0) is 18.4. The lowest BCUT2D eigenvalue weighted by Gasteiger charge is -2.36. The van der Waals surface area contributed by atoms with Gasteiger partial charge in [-0.1, -0.05) is 45.7 Å². The van der Waals surface area contributed by atoms with Crippen molar-refractivity contribution >= 4 is 39.1 Å². The smallest absolute Gasteiger partial charge is 0.235 e. The highest BCUT2D eigenvalue weighted by atomic mass is 79.9. The van der Waals surface area contributed by atoms with Crippen LogP contribution in [0.4, 0.5) is 5.69 Å². The summed E-state index contributed by atoms with van der Waals surface area (Å²) in [4.78, 5) is 13.2. The zero-order valence-corrected chi connectivity index (χ0v) is 16.7. The minimum atomic E-state index is -0.679. The monoisotopic (exact) mass is 437 g/mol. The summed E-state index contributed by atoms with van der Waals surface area (Å²) in [5.74, 6) is 0.720. The first-order valence-electron chi connectivity index (χ1n) is 8.59. The third-order valence-corrected chi connectivity index (χ3v) is 5.28. The van der Waals surface area contributed by atoms with Gasteiger partial charge in [-0.25, -0.2) is 0 Å². The fourth-order valence-electron chi connectivity index (χ4n) is 3.23. The van der Waals surface area contributed by atoms with E-state index in [1.165, 1.54) is 0 Å². The number of anilines is 1. The average Bonchev–Trinajstić information content (AvgIpc) is 2.68. The molecule has 6 heteroatoms. The number of hydrogen-bond donors (Lipinski definition) is 1. The Kier molecular flexibility index (Phi) is 6.57. The molecule has 0 unspecified atom stereocenters. The molecule has 1 aliphatic rings. The van der Waals surface area contributed by atoms with Crippen LogP contribution in [-0.4, -0.2) is 31.1 Å². The lowest BCUT2D eigenvalue weighted by atomic mass is 9.73. The second kappa shape index (κ2) is 8.89. The normalized spacial score (nSPS) is 16.1. The average molecular weight is 439 g/mol. The molecule has 0 aromatic heterocycles. The second-order valence-electron chi connectivity index (χ2n) is 6.19. The molecule has 0 radical (unpaired) electrons. The van der Waals surface area contributed by atoms with Gasteiger partial charge >= 0.3 is 0 Å². The molecule has 1 amide bonds. The van der Waals surface area contributed by atoms with Gasteiger partial charge in [-0.3, -0.25) is 4.79 Å². The van der Waals surface area contributed by atoms with Crippen molar-refractivity contribution in [3.8, 4) is 5.75 Å². The van der Waals surface area contributed by atoms with Crippen LogP contribution in [0.1, 0.15) is 18.4 Å². The maximum atomic E-state index is 13.2. The Morgan fingerprint density at radius 1 is 1.15 bits per heavy atom. The molecule has 1 saturated heterocycles. The molecule has 0 aliphatic carbocycles. The van der Waals surface area contributed by atoms with Crippen LogP contribution < -0.4 is 10.1 Å². The van der Waals surface area contributed by atoms with Crippen molar-refractivity contribution in [1.82, 2.24) is 0 Å². The van der Waals surface area contributed by atoms with Gasteiger partial charge in [0.05, 0.1) is 12.0 Å². The number of benzene rings is 2. The van der Waals surface area contributed by atoms with E-state index in [0.29, 0.717) is 37.7 Å². The van der Waals surface area contributed by atoms with Crippen LogP contribution in [0, 0.1) is 0 Å². The highest BCUT2D eigenvalue weighted by molar-refractivity contribution is 9.09. The lowest BCUT2D eigenvalue weighted by molar-refractivity contribution is -0.125. The summed E-state index contributed by atoms with van der Waals surface area (Å²) in [5.41, 5.74) is 0.917. The SMILES string of the molecule is O=C(Nc1ccc(OCCBr)cc1)C1(c2ccccc2Cl)CCOCC1. The van der Waals surface area contributed by atoms with Gasteiger partial charge in [0.15, 0.2) is 0 Å². The van der Waals surface area contributed by atoms with Gasteiger partial charge < -0.3 is 14.8 Å². The van der Waals surface area contributed by atoms with Crippen LogP contribution in [0.3, 0.4) is 0 Å². The minimum absolute atomic E-state index is 0.0528. The van der Waals surface area contributed by atoms with Crippen LogP contribution in [0.2, 0.25) is 5.02 Å². The molecule has 1 heterocycles. The van der Waals surface area contributed by atoms with Crippen molar-refractivity contribution in [2.45, 2.75) is 18.3 Å². The Bertz CT molecular complexity index is 745. The Morgan fingerprint density at radius 2 is 1.85 bits per heavy atom. The molecule has 4 nitrogen and oxygen atoms in total. The van der Waals surface area contributed by atoms with E-state index in [2.05, 4.69) is 21.2 Å². The Hall–Kier alpha value is -1.56. The summed E-state index contributed by atoms with van der Waals surface area (Å²) in [5, 5.41) is 4.43. The predicted octanol–water partition coefficient (Wildman–Crippen LogP) is 4.80. The van der Waals surface area contributed by atoms with Gasteiger partial charge in [-0.2, -0.15) is 0 Å². The fraction of sp³-hybridized carbons (Fsp3) is 0.350. The van der Waals surface area contributed by atoms with E-state index in [1.807, 2.05) is 48.5 Å². The number of rotatable bonds is 6. The molecule has 2 aromatic carbocycles. The number of carbonyl (C=O) groups excluding carboxylic acids is 1. The quantitative estimate of drug-likeness (QED) is 0.659. The zero-order valence-electron chi connectivity index (χ0n) is 14.3. The number of alkyl halides is 1. The molecular weight excluding hydrogens is 418 g/mol. The number of amides is 1. The third kappa shape index (κ3) is 4.22. The predicted molar refractivity (Wildman–Crippen MR) is 108 cm³/mol. The molecule has 0 bridgehead atoms. The molecule has 138 valence electrons. The van der Waals surface area contributed by atoms with E-state index >= 15 is 0 Å². The van der Waals surface area contributed by atoms with Gasteiger partial charge in [-0.05, 0) is 48.7 Å². The molecule has 26 heavy (non-hydrogen) atoms. The molecule has 1 N–H and O–H groups in total. The maximum absolute atomic E-state index is 13.2. The molecular formula is C20H21BrClNO3. The van der Waals surface area contributed by atoms with E-state index < -0.39 is 5.41 Å². The van der Waals surface area contributed by atoms with Gasteiger partial charge in [0, 0.05) is 29.3 Å². The summed E-state index contributed by atoms with van der Waals surface area (Å²) >= 11 is 9.75. The Morgan fingerprint density at radius 3 is 2.50 bits per heavy atom. The molecule has 2 aromatic rings. The van der Waals surface area contributed by atoms with Crippen molar-refractivity contribution < 1.29 is 14.3 Å². The van der Waals surface area contributed by atoms with Crippen LogP contribution in [0.5, 0.6) is 5.75 Å². The van der Waals surface area contributed by atoms with Crippen LogP contribution in [0.15, 0.2) is 48.5 Å². The van der Waals surface area contributed by atoms with E-state index in [4.69, 9.17) is 21.1 Å². The van der Waals surface area contributed by atoms with Crippen molar-refractivity contribution in [2.24, 2.45) is 0 Å². The molecule has 1 aliphatic heterocycles. The first-order valence-corrected chi connectivity index (χ1v) is 10.1. The Balaban J connectivity index is 1.81. The van der Waals surface area contributed by atoms with E-state index in [-0.39, 0.29) is 5.91 Å². The van der Waals surface area contributed by atoms with E-state index in [1.54, 1.807) is 0 Å². The largest absolute Gasteiger partial charge is 0.493 e. The summed E-state index contributed by atoms with van der Waals surface area (Å²) < 4.78 is 11.0. The summed E-state index contributed by atoms with van der Waals surface area (Å²) in [6.45, 7) is 1.68. The number of halogens is 2. The topological polar surface area (TPSA) is 47.6 Å². The highest BCUT2D eigenvalue weighted by Gasteiger charge is 2.43. The van der Waals surface area contributed by atoms with E-state index in [9.17, 15) is 4.79 Å². The lowest BCUT2D eigenvalue weighted by Crippen LogP contribution is -2.45. The van der Waals surface area contributed by atoms with Crippen LogP contribution in [-0.2, 0) is 14.9 Å². The molecule has 0 spiro atoms. The van der Waals surface area contributed by atoms with Crippen molar-refractivity contribution in [3.63, 3.8) is 0 Å². The Labute approximate surface area is 167 Å². The fourth-order valence-corrected chi connectivity index (χ4v) is 3.71. The highest BCUT2D eigenvalue weighted by Crippen LogP contribution is 2.39. The number of ether oxygens (including phenoxy) is 2. The van der Waals surface area contributed by atoms with Gasteiger partial charge in [-0.15, -0.1) is 0 Å². The molecule has 0 saturated carbocycles. The van der Waals surface area contributed by atoms with Crippen molar-refractivity contribution in [2.75, 3.05) is 30.5 Å². The minimum Gasteiger partial charge on any atom is -0.493 e. The standard InChI is InChI=1S/C20H21BrClNO3/c21-11-14-26-16-7-5-15(6-8-16)23-19(24)20(9-12-25-13-10-20)17-3-1-2-4-18(17)22/h1-8H,9-14H2,(H,23,24). The second-order valence-corrected chi connectivity index (χ2v) is 7.39. The number of carbonyl (C=O) groups is 1. The summed E-state index contributed by atoms with van der Waals surface area (Å²) in [7, 11) is 0. The van der Waals surface area contributed by atoms with Gasteiger partial charge in [0.2, 0.25) is 5.91 Å². The summed E-state index contributed by atoms with van der Waals surface area (Å²) in [6, 6.07) is 15.0. The number of nitrogens with one attached hydrogen (secondary N) is 1. The molecule has 0 atom stereocenters. The van der Waals surface area contributed by atoms with Crippen molar-refractivity contribution in [3.05, 3.63) is 59.1 Å². The molecule has 3 rings (SSSR count). The van der Waals surface area contributed by atoms with Gasteiger partial charge in [0.1, 0.15) is 5.75 Å². The van der Waals surface area contributed by atoms with Crippen LogP contribution in [0.25, 0.3) is 0 Å². The van der Waals surface area contributed by atoms with Crippen molar-refractivity contribution in [1.29, 1.82) is 0 Å². The molecule has 1 fully saturated rings. The maximum Gasteiger partial charge on any atom is 0.235 e. The summed E-state index contributed by atoms with van der Waals surface area (Å²) in [6.07, 6.45) is 1.21. The van der Waals surface area contributed by atoms with Crippen LogP contribution >= 0.6 is 27.5 Å².